The van der Waals surface area contributed by atoms with Gasteiger partial charge in [-0.15, -0.1) is 0 Å². The quantitative estimate of drug-likeness (QED) is 0.246. The maximum absolute atomic E-state index is 12.3. The topological polar surface area (TPSA) is 126 Å². The zero-order valence-electron chi connectivity index (χ0n) is 21.7. The lowest BCUT2D eigenvalue weighted by atomic mass is 10.0. The molecule has 1 amide bonds. The molecule has 0 aliphatic carbocycles. The summed E-state index contributed by atoms with van der Waals surface area (Å²) in [7, 11) is 2.96. The lowest BCUT2D eigenvalue weighted by molar-refractivity contribution is -0.119. The van der Waals surface area contributed by atoms with Crippen molar-refractivity contribution in [2.24, 2.45) is 0 Å². The summed E-state index contributed by atoms with van der Waals surface area (Å²) in [5.74, 6) is 0.0312. The molecule has 0 spiro atoms. The average Bonchev–Trinajstić information content (AvgIpc) is 3.58. The molecule has 10 nitrogen and oxygen atoms in total. The highest BCUT2D eigenvalue weighted by Gasteiger charge is 2.43. The van der Waals surface area contributed by atoms with Gasteiger partial charge in [-0.1, -0.05) is 24.3 Å². The molecule has 204 valence electrons. The number of amides is 1. The van der Waals surface area contributed by atoms with Crippen LogP contribution in [0.4, 0.5) is 11.4 Å². The number of carboxylic acids is 1. The maximum Gasteiger partial charge on any atom is 0.336 e. The third-order valence-electron chi connectivity index (χ3n) is 6.45. The number of nitrogens with one attached hydrogen (secondary N) is 2. The van der Waals surface area contributed by atoms with Crippen LogP contribution in [0, 0.1) is 0 Å². The molecule has 5 rings (SSSR count). The van der Waals surface area contributed by atoms with Crippen molar-refractivity contribution >= 4 is 40.6 Å². The number of methoxy groups -OCH3 is 2. The Labute approximate surface area is 235 Å². The van der Waals surface area contributed by atoms with Crippen LogP contribution >= 0.6 is 12.2 Å². The first kappa shape index (κ1) is 26.9. The molecule has 1 saturated heterocycles. The van der Waals surface area contributed by atoms with Crippen molar-refractivity contribution in [1.29, 1.82) is 0 Å². The standard InChI is InChI=1S/C29H26N4O6S/c1-37-16-25(34)31-21-15-17(10-11-23(21)38-2)33-27(26(32-29(33)40)20-9-5-6-14-30-20)24-13-12-22(39-24)18-7-3-4-8-19(18)28(35)36/h3-15,26-27H,16H2,1-2H3,(H,31,34)(H,32,40)(H,35,36)/t26-,27-/m0/s1. The molecule has 1 fully saturated rings. The Kier molecular flexibility index (Phi) is 7.76. The van der Waals surface area contributed by atoms with Crippen LogP contribution in [-0.2, 0) is 9.53 Å². The maximum atomic E-state index is 12.3. The number of furan rings is 1. The highest BCUT2D eigenvalue weighted by atomic mass is 32.1. The number of aromatic carboxylic acids is 1. The van der Waals surface area contributed by atoms with Gasteiger partial charge in [0.15, 0.2) is 5.11 Å². The average molecular weight is 559 g/mol. The monoisotopic (exact) mass is 558 g/mol. The number of rotatable bonds is 9. The Hall–Kier alpha value is -4.74. The van der Waals surface area contributed by atoms with E-state index in [0.717, 1.165) is 5.69 Å². The fourth-order valence-corrected chi connectivity index (χ4v) is 5.07. The Balaban J connectivity index is 1.60. The van der Waals surface area contributed by atoms with Crippen molar-refractivity contribution in [3.63, 3.8) is 0 Å². The van der Waals surface area contributed by atoms with Crippen LogP contribution in [-0.4, -0.2) is 47.9 Å². The highest BCUT2D eigenvalue weighted by Crippen LogP contribution is 2.44. The molecule has 1 aliphatic heterocycles. The summed E-state index contributed by atoms with van der Waals surface area (Å²) in [4.78, 5) is 30.6. The van der Waals surface area contributed by atoms with Crippen LogP contribution < -0.4 is 20.3 Å². The predicted molar refractivity (Wildman–Crippen MR) is 153 cm³/mol. The molecule has 1 aliphatic rings. The number of hydrogen-bond acceptors (Lipinski definition) is 7. The normalized spacial score (nSPS) is 16.4. The Morgan fingerprint density at radius 2 is 1.90 bits per heavy atom. The number of carbonyl (C=O) groups is 2. The number of thiocarbonyl (C=S) groups is 1. The first-order chi connectivity index (χ1) is 19.4. The SMILES string of the molecule is COCC(=O)Nc1cc(N2C(=S)N[C@@H](c3ccccn3)[C@@H]2c2ccc(-c3ccccc3C(=O)O)o2)ccc1OC. The Bertz CT molecular complexity index is 1560. The number of nitrogens with zero attached hydrogens (tertiary/aromatic N) is 2. The van der Waals surface area contributed by atoms with Crippen molar-refractivity contribution in [1.82, 2.24) is 10.3 Å². The molecule has 0 unspecified atom stereocenters. The number of hydrogen-bond donors (Lipinski definition) is 3. The fraction of sp³-hybridized carbons (Fsp3) is 0.172. The van der Waals surface area contributed by atoms with Gasteiger partial charge in [0, 0.05) is 24.6 Å². The number of carboxylic acid groups (broad SMARTS) is 1. The van der Waals surface area contributed by atoms with Gasteiger partial charge in [-0.2, -0.15) is 0 Å². The van der Waals surface area contributed by atoms with Gasteiger partial charge in [0.1, 0.15) is 29.9 Å². The molecule has 0 radical (unpaired) electrons. The molecular weight excluding hydrogens is 532 g/mol. The summed E-state index contributed by atoms with van der Waals surface area (Å²) >= 11 is 5.79. The van der Waals surface area contributed by atoms with E-state index < -0.39 is 18.1 Å². The van der Waals surface area contributed by atoms with Crippen LogP contribution in [0.5, 0.6) is 5.75 Å². The first-order valence-corrected chi connectivity index (χ1v) is 12.7. The molecule has 2 atom stereocenters. The smallest absolute Gasteiger partial charge is 0.336 e. The van der Waals surface area contributed by atoms with Gasteiger partial charge < -0.3 is 34.5 Å². The van der Waals surface area contributed by atoms with Gasteiger partial charge in [-0.25, -0.2) is 4.79 Å². The number of ether oxygens (including phenoxy) is 2. The second-order valence-corrected chi connectivity index (χ2v) is 9.30. The summed E-state index contributed by atoms with van der Waals surface area (Å²) < 4.78 is 16.7. The lowest BCUT2D eigenvalue weighted by Gasteiger charge is -2.27. The van der Waals surface area contributed by atoms with Crippen molar-refractivity contribution in [2.75, 3.05) is 31.0 Å². The van der Waals surface area contributed by atoms with Crippen LogP contribution in [0.3, 0.4) is 0 Å². The van der Waals surface area contributed by atoms with Gasteiger partial charge in [0.05, 0.1) is 30.1 Å². The minimum atomic E-state index is -1.05. The molecule has 40 heavy (non-hydrogen) atoms. The minimum Gasteiger partial charge on any atom is -0.495 e. The summed E-state index contributed by atoms with van der Waals surface area (Å²) in [5.41, 5.74) is 2.44. The number of anilines is 2. The molecule has 3 N–H and O–H groups in total. The van der Waals surface area contributed by atoms with Crippen molar-refractivity contribution in [3.05, 3.63) is 96.0 Å². The largest absolute Gasteiger partial charge is 0.495 e. The summed E-state index contributed by atoms with van der Waals surface area (Å²) in [5, 5.41) is 16.3. The lowest BCUT2D eigenvalue weighted by Crippen LogP contribution is -2.29. The first-order valence-electron chi connectivity index (χ1n) is 12.3. The Morgan fingerprint density at radius 3 is 2.62 bits per heavy atom. The van der Waals surface area contributed by atoms with Crippen molar-refractivity contribution in [3.8, 4) is 17.1 Å². The molecule has 0 saturated carbocycles. The zero-order valence-corrected chi connectivity index (χ0v) is 22.5. The Morgan fingerprint density at radius 1 is 1.10 bits per heavy atom. The summed E-state index contributed by atoms with van der Waals surface area (Å²) in [6.45, 7) is -0.117. The van der Waals surface area contributed by atoms with Crippen molar-refractivity contribution in [2.45, 2.75) is 12.1 Å². The molecule has 11 heteroatoms. The van der Waals surface area contributed by atoms with Gasteiger partial charge in [-0.3, -0.25) is 9.78 Å². The summed E-state index contributed by atoms with van der Waals surface area (Å²) in [6.07, 6.45) is 1.70. The predicted octanol–water partition coefficient (Wildman–Crippen LogP) is 4.81. The third-order valence-corrected chi connectivity index (χ3v) is 6.76. The number of carbonyl (C=O) groups excluding carboxylic acids is 1. The number of pyridine rings is 1. The van der Waals surface area contributed by atoms with Crippen LogP contribution in [0.1, 0.15) is 33.9 Å². The van der Waals surface area contributed by atoms with E-state index in [0.29, 0.717) is 39.3 Å². The molecular formula is C29H26N4O6S. The zero-order chi connectivity index (χ0) is 28.2. The highest BCUT2D eigenvalue weighted by molar-refractivity contribution is 7.80. The minimum absolute atomic E-state index is 0.117. The van der Waals surface area contributed by atoms with E-state index in [1.165, 1.54) is 20.3 Å². The molecule has 4 aromatic rings. The fourth-order valence-electron chi connectivity index (χ4n) is 4.72. The van der Waals surface area contributed by atoms with Gasteiger partial charge >= 0.3 is 5.97 Å². The van der Waals surface area contributed by atoms with Crippen LogP contribution in [0.15, 0.2) is 83.4 Å². The van der Waals surface area contributed by atoms with E-state index in [2.05, 4.69) is 15.6 Å². The molecule has 0 bridgehead atoms. The third kappa shape index (κ3) is 5.24. The number of aromatic nitrogens is 1. The van der Waals surface area contributed by atoms with Crippen molar-refractivity contribution < 1.29 is 28.6 Å². The van der Waals surface area contributed by atoms with Gasteiger partial charge in [-0.05, 0) is 60.7 Å². The van der Waals surface area contributed by atoms with Gasteiger partial charge in [0.2, 0.25) is 5.91 Å². The van der Waals surface area contributed by atoms with E-state index >= 15 is 0 Å². The molecule has 2 aromatic carbocycles. The van der Waals surface area contributed by atoms with E-state index in [9.17, 15) is 14.7 Å². The molecule has 2 aromatic heterocycles. The van der Waals surface area contributed by atoms with Crippen LogP contribution in [0.2, 0.25) is 0 Å². The van der Waals surface area contributed by atoms with E-state index in [-0.39, 0.29) is 18.1 Å². The second kappa shape index (κ2) is 11.6. The molecule has 3 heterocycles. The van der Waals surface area contributed by atoms with E-state index in [4.69, 9.17) is 26.1 Å². The van der Waals surface area contributed by atoms with Gasteiger partial charge in [0.25, 0.3) is 0 Å². The second-order valence-electron chi connectivity index (χ2n) is 8.92. The van der Waals surface area contributed by atoms with Crippen LogP contribution in [0.25, 0.3) is 11.3 Å². The summed E-state index contributed by atoms with van der Waals surface area (Å²) in [6, 6.07) is 20.3. The van der Waals surface area contributed by atoms with E-state index in [1.54, 1.807) is 42.6 Å². The number of benzene rings is 2. The van der Waals surface area contributed by atoms with E-state index in [1.807, 2.05) is 35.2 Å².